The largest absolute Gasteiger partial charge is 0.462 e. The highest BCUT2D eigenvalue weighted by Gasteiger charge is 2.35. The molecular weight excluding hydrogens is 1690 g/mol. The predicted molar refractivity (Wildman–Crippen MR) is 446 cm³/mol. The Morgan fingerprint density at radius 1 is 0.418 bits per heavy atom. The van der Waals surface area contributed by atoms with Gasteiger partial charge in [0.25, 0.3) is 0 Å². The summed E-state index contributed by atoms with van der Waals surface area (Å²) in [5, 5.41) is 0. The van der Waals surface area contributed by atoms with Crippen LogP contribution in [0.2, 0.25) is 0 Å². The standard InChI is InChI=1S/C15H16O4.C12H18O3.C11H16O3.C9H12O5.C9H12O3.C8H11BrO3.C8H11ClO3.C8H12O4.C7H8F2O3/c1-11(14(16)12-6-3-2-4-7-12)15(17)19-10-13-8-5-9-18-13;1-3-15-12(14)9(2)11(13)10-7-5-4-6-8-10;1-3-14-11(13)8(2)10(12)9-6-4-5-7-9;1-6(7(2)10)9(12)14-5-4-13-8(3)11;1-3-12-9(11)6(2)8(10)7-4-5-7;1-4-12-8(11)5(2)7(10)6(3)9;1-5(2)12-8(11)6(3)7(10)4-9;1-6(7(2)9)8(10)12-5-4-11-3;1-3-12-7(11)4(2)5(10)6(8)9/h2-4,6-7,13H,1,5,8-10H2;10H,2-8H2,1H3;9H,2-7H2,1H3;1,4-5H2,2-3H3;7H,2-5H2,1H3;6H,2,4H2,1,3H3;5H,3-4H2,1-2H3;1,4-5H2,2-3H3;6H,2-3H2,1H3. The Morgan fingerprint density at radius 3 is 1.08 bits per heavy atom. The van der Waals surface area contributed by atoms with Crippen molar-refractivity contribution in [1.29, 1.82) is 0 Å². The fourth-order valence-electron chi connectivity index (χ4n) is 8.97. The number of hydrogen-bond acceptors (Lipinski definition) is 31. The van der Waals surface area contributed by atoms with Gasteiger partial charge in [-0.1, -0.05) is 138 Å². The molecule has 4 fully saturated rings. The van der Waals surface area contributed by atoms with Gasteiger partial charge >= 0.3 is 66.1 Å². The van der Waals surface area contributed by atoms with Gasteiger partial charge < -0.3 is 56.8 Å². The van der Waals surface area contributed by atoms with Crippen LogP contribution in [0.5, 0.6) is 0 Å². The van der Waals surface area contributed by atoms with Crippen LogP contribution >= 0.6 is 27.5 Å². The van der Waals surface area contributed by atoms with Crippen molar-refractivity contribution in [2.24, 2.45) is 17.8 Å². The smallest absolute Gasteiger partial charge is 0.341 e. The predicted octanol–water partition coefficient (Wildman–Crippen LogP) is 11.6. The molecule has 4 aliphatic rings. The van der Waals surface area contributed by atoms with E-state index in [4.69, 9.17) is 35.3 Å². The lowest BCUT2D eigenvalue weighted by Crippen LogP contribution is -2.24. The number of hydrogen-bond donors (Lipinski definition) is 0. The van der Waals surface area contributed by atoms with Gasteiger partial charge in [0.2, 0.25) is 5.78 Å². The summed E-state index contributed by atoms with van der Waals surface area (Å²) in [7, 11) is 1.49. The zero-order valence-electron chi connectivity index (χ0n) is 71.6. The number of benzene rings is 1. The highest BCUT2D eigenvalue weighted by molar-refractivity contribution is 9.10. The first kappa shape index (κ1) is 117. The minimum absolute atomic E-state index is 0.000602. The van der Waals surface area contributed by atoms with E-state index in [9.17, 15) is 99.9 Å². The minimum Gasteiger partial charge on any atom is -0.462 e. The number of carbonyl (C=O) groups is 19. The molecule has 0 radical (unpaired) electrons. The van der Waals surface area contributed by atoms with Gasteiger partial charge in [0.05, 0.1) is 102 Å². The number of methoxy groups -OCH3 is 1. The van der Waals surface area contributed by atoms with Crippen molar-refractivity contribution in [1.82, 2.24) is 0 Å². The van der Waals surface area contributed by atoms with Crippen molar-refractivity contribution >= 4 is 139 Å². The molecule has 0 amide bonds. The molecule has 3 saturated carbocycles. The average molecular weight is 1810 g/mol. The van der Waals surface area contributed by atoms with Crippen LogP contribution in [0.25, 0.3) is 0 Å². The van der Waals surface area contributed by atoms with E-state index in [2.05, 4.69) is 108 Å². The number of alkyl halides is 4. The summed E-state index contributed by atoms with van der Waals surface area (Å²) >= 11 is 8.25. The van der Waals surface area contributed by atoms with Crippen molar-refractivity contribution in [3.05, 3.63) is 145 Å². The van der Waals surface area contributed by atoms with Gasteiger partial charge in [0, 0.05) is 44.0 Å². The lowest BCUT2D eigenvalue weighted by Gasteiger charge is -2.20. The first-order valence-electron chi connectivity index (χ1n) is 38.6. The summed E-state index contributed by atoms with van der Waals surface area (Å²) < 4.78 is 79.8. The zero-order valence-corrected chi connectivity index (χ0v) is 74.0. The molecule has 0 N–H and O–H groups in total. The Kier molecular flexibility index (Phi) is 65.3. The molecule has 1 saturated heterocycles. The Bertz CT molecular complexity index is 3740. The number of esters is 10. The molecule has 122 heavy (non-hydrogen) atoms. The second-order valence-electron chi connectivity index (χ2n) is 25.9. The molecule has 1 aromatic carbocycles. The van der Waals surface area contributed by atoms with Gasteiger partial charge in [-0.3, -0.25) is 47.9 Å². The molecule has 35 heteroatoms. The normalized spacial score (nSPS) is 13.3. The minimum atomic E-state index is -3.21. The topological polar surface area (TPSA) is 435 Å². The Hall–Kier alpha value is -10.8. The highest BCUT2D eigenvalue weighted by Crippen LogP contribution is 2.32. The van der Waals surface area contributed by atoms with Crippen molar-refractivity contribution in [3.63, 3.8) is 0 Å². The molecule has 3 aliphatic carbocycles. The van der Waals surface area contributed by atoms with Crippen molar-refractivity contribution in [2.45, 2.75) is 183 Å². The van der Waals surface area contributed by atoms with Crippen LogP contribution in [0.3, 0.4) is 0 Å². The third kappa shape index (κ3) is 52.4. The van der Waals surface area contributed by atoms with E-state index in [0.29, 0.717) is 18.8 Å². The Labute approximate surface area is 724 Å². The average Bonchev–Trinajstić information content (AvgIpc) is 1.70. The van der Waals surface area contributed by atoms with E-state index in [1.54, 1.807) is 78.8 Å². The molecule has 1 aromatic rings. The van der Waals surface area contributed by atoms with Gasteiger partial charge in [-0.05, 0) is 121 Å². The number of rotatable bonds is 39. The Balaban J connectivity index is -0.000000645. The van der Waals surface area contributed by atoms with E-state index in [0.717, 1.165) is 77.0 Å². The van der Waals surface area contributed by atoms with Gasteiger partial charge in [0.15, 0.2) is 46.3 Å². The van der Waals surface area contributed by atoms with Gasteiger partial charge in [-0.25, -0.2) is 51.9 Å². The fraction of sp³-hybridized carbons (Fsp3) is 0.506. The maximum atomic E-state index is 12.0. The van der Waals surface area contributed by atoms with E-state index in [1.165, 1.54) is 41.2 Å². The third-order valence-electron chi connectivity index (χ3n) is 15.8. The molecule has 5 rings (SSSR count). The number of carbonyl (C=O) groups excluding carboxylic acids is 19. The van der Waals surface area contributed by atoms with E-state index in [-0.39, 0.29) is 169 Å². The first-order valence-corrected chi connectivity index (χ1v) is 40.0. The molecule has 2 atom stereocenters. The maximum absolute atomic E-state index is 12.0. The maximum Gasteiger partial charge on any atom is 0.341 e. The van der Waals surface area contributed by atoms with E-state index >= 15 is 0 Å². The molecule has 0 spiro atoms. The second-order valence-corrected chi connectivity index (χ2v) is 27.5. The van der Waals surface area contributed by atoms with Crippen LogP contribution in [-0.4, -0.2) is 221 Å². The molecule has 0 aromatic heterocycles. The quantitative estimate of drug-likeness (QED) is 0.00863. The summed E-state index contributed by atoms with van der Waals surface area (Å²) in [6.45, 7) is 49.4. The molecule has 1 heterocycles. The van der Waals surface area contributed by atoms with Crippen LogP contribution in [0.1, 0.15) is 170 Å². The van der Waals surface area contributed by atoms with Gasteiger partial charge in [-0.2, -0.15) is 0 Å². The SMILES string of the molecule is C=C(C(=O)CCl)C(=O)OC(C)C.C=C(C(=O)OCC)C(=O)C(C)Br.C=C(C(=O)OCC)C(=O)C(F)F.C=C(C(=O)OCC)C(=O)C1CC1.C=C(C(=O)OCC)C(=O)C1CCCC1.C=C(C(=O)OCC)C(=O)C1CCCCC1.C=C(C(=O)OCC1CCCO1)C(=O)c1ccccc1.C=C(C(C)=O)C(=O)OCCOC.C=C(C(C)=O)C(=O)OCCOC(C)=O. The fourth-order valence-corrected chi connectivity index (χ4v) is 9.41. The molecular formula is C87H116BrClF2O31. The molecule has 31 nitrogen and oxygen atoms in total. The molecule has 1 aliphatic heterocycles. The van der Waals surface area contributed by atoms with Gasteiger partial charge in [0.1, 0.15) is 37.6 Å². The second kappa shape index (κ2) is 67.8. The molecule has 2 unspecified atom stereocenters. The lowest BCUT2D eigenvalue weighted by atomic mass is 9.84. The van der Waals surface area contributed by atoms with E-state index < -0.39 is 99.7 Å². The number of ketones is 9. The van der Waals surface area contributed by atoms with Crippen LogP contribution in [0.15, 0.2) is 140 Å². The number of halogens is 4. The van der Waals surface area contributed by atoms with Crippen molar-refractivity contribution in [2.75, 3.05) is 85.7 Å². The van der Waals surface area contributed by atoms with Crippen molar-refractivity contribution in [3.8, 4) is 0 Å². The summed E-state index contributed by atoms with van der Waals surface area (Å²) in [4.78, 5) is 210. The van der Waals surface area contributed by atoms with Crippen molar-refractivity contribution < 1.29 is 157 Å². The zero-order chi connectivity index (χ0) is 94.5. The third-order valence-corrected chi connectivity index (χ3v) is 16.5. The molecule has 0 bridgehead atoms. The lowest BCUT2D eigenvalue weighted by molar-refractivity contribution is -0.149. The summed E-state index contributed by atoms with van der Waals surface area (Å²) in [6, 6.07) is 8.55. The van der Waals surface area contributed by atoms with Crippen LogP contribution < -0.4 is 0 Å². The van der Waals surface area contributed by atoms with Crippen LogP contribution in [-0.2, 0) is 143 Å². The first-order chi connectivity index (χ1) is 57.2. The van der Waals surface area contributed by atoms with E-state index in [1.807, 2.05) is 0 Å². The number of Topliss-reactive ketones (excluding diaryl/α,β-unsaturated/α-hetero) is 9. The molecule has 678 valence electrons. The highest BCUT2D eigenvalue weighted by atomic mass is 79.9. The summed E-state index contributed by atoms with van der Waals surface area (Å²) in [6.07, 6.45) is 9.16. The summed E-state index contributed by atoms with van der Waals surface area (Å²) in [5.74, 6) is -11.0. The van der Waals surface area contributed by atoms with Crippen LogP contribution in [0.4, 0.5) is 8.78 Å². The van der Waals surface area contributed by atoms with Crippen LogP contribution in [0, 0.1) is 17.8 Å². The number of ether oxygens (including phenoxy) is 12. The Morgan fingerprint density at radius 2 is 0.762 bits per heavy atom. The monoisotopic (exact) mass is 1810 g/mol. The summed E-state index contributed by atoms with van der Waals surface area (Å²) in [5.41, 5.74) is -1.15. The van der Waals surface area contributed by atoms with Gasteiger partial charge in [-0.15, -0.1) is 11.6 Å².